The third-order valence-electron chi connectivity index (χ3n) is 3.37. The lowest BCUT2D eigenvalue weighted by Crippen LogP contribution is -2.32. The highest BCUT2D eigenvalue weighted by Crippen LogP contribution is 2.22. The Labute approximate surface area is 164 Å². The lowest BCUT2D eigenvalue weighted by Gasteiger charge is -2.10. The molecule has 0 saturated heterocycles. The number of carbonyl (C=O) groups is 4. The highest BCUT2D eigenvalue weighted by molar-refractivity contribution is 7.14. The van der Waals surface area contributed by atoms with E-state index in [-0.39, 0.29) is 16.1 Å². The molecule has 0 atom stereocenters. The first-order chi connectivity index (χ1) is 13.4. The molecule has 0 bridgehead atoms. The maximum atomic E-state index is 12.2. The molecule has 148 valence electrons. The lowest BCUT2D eigenvalue weighted by molar-refractivity contribution is -0.146. The summed E-state index contributed by atoms with van der Waals surface area (Å²) in [5.41, 5.74) is 5.64. The number of ether oxygens (including phenoxy) is 2. The van der Waals surface area contributed by atoms with Crippen LogP contribution in [0.2, 0.25) is 0 Å². The predicted molar refractivity (Wildman–Crippen MR) is 102 cm³/mol. The molecule has 2 rings (SSSR count). The summed E-state index contributed by atoms with van der Waals surface area (Å²) in [7, 11) is 0. The Kier molecular flexibility index (Phi) is 7.52. The van der Waals surface area contributed by atoms with Crippen LogP contribution in [-0.4, -0.2) is 43.4 Å². The fourth-order valence-corrected chi connectivity index (χ4v) is 2.95. The van der Waals surface area contributed by atoms with Gasteiger partial charge in [-0.05, 0) is 30.5 Å². The summed E-state index contributed by atoms with van der Waals surface area (Å²) in [6.07, 6.45) is 0. The molecular formula is C18H19N3O6S. The van der Waals surface area contributed by atoms with Gasteiger partial charge in [-0.1, -0.05) is 12.1 Å². The first-order valence-corrected chi connectivity index (χ1v) is 9.13. The van der Waals surface area contributed by atoms with Crippen LogP contribution in [0.25, 0.3) is 0 Å². The standard InChI is InChI=1S/C18H19N3O6S/c1-2-26-13-6-4-3-5-11(13)17(25)20-9-15(23)27-10-14(22)21-18-12(16(19)24)7-8-28-18/h3-8H,2,9-10H2,1H3,(H2,19,24)(H,20,25)(H,21,22). The number of benzene rings is 1. The summed E-state index contributed by atoms with van der Waals surface area (Å²) in [5.74, 6) is -2.21. The fraction of sp³-hybridized carbons (Fsp3) is 0.222. The summed E-state index contributed by atoms with van der Waals surface area (Å²) in [6.45, 7) is 1.20. The number of thiophene rings is 1. The minimum Gasteiger partial charge on any atom is -0.493 e. The second-order valence-corrected chi connectivity index (χ2v) is 6.26. The van der Waals surface area contributed by atoms with Gasteiger partial charge in [-0.25, -0.2) is 0 Å². The molecule has 0 saturated carbocycles. The number of rotatable bonds is 9. The van der Waals surface area contributed by atoms with Crippen molar-refractivity contribution >= 4 is 40.0 Å². The van der Waals surface area contributed by atoms with Crippen molar-refractivity contribution in [2.24, 2.45) is 5.73 Å². The molecule has 10 heteroatoms. The molecular weight excluding hydrogens is 386 g/mol. The van der Waals surface area contributed by atoms with Gasteiger partial charge in [-0.3, -0.25) is 19.2 Å². The average molecular weight is 405 g/mol. The fourth-order valence-electron chi connectivity index (χ4n) is 2.14. The van der Waals surface area contributed by atoms with Crippen LogP contribution in [0.3, 0.4) is 0 Å². The zero-order valence-corrected chi connectivity index (χ0v) is 15.8. The van der Waals surface area contributed by atoms with Crippen LogP contribution in [0, 0.1) is 0 Å². The first-order valence-electron chi connectivity index (χ1n) is 8.25. The minimum atomic E-state index is -0.793. The van der Waals surface area contributed by atoms with Gasteiger partial charge in [0, 0.05) is 0 Å². The first kappa shape index (κ1) is 20.9. The highest BCUT2D eigenvalue weighted by Gasteiger charge is 2.16. The largest absolute Gasteiger partial charge is 0.493 e. The van der Waals surface area contributed by atoms with Gasteiger partial charge in [-0.15, -0.1) is 11.3 Å². The van der Waals surface area contributed by atoms with E-state index in [4.69, 9.17) is 15.2 Å². The maximum absolute atomic E-state index is 12.2. The second kappa shape index (κ2) is 10.1. The van der Waals surface area contributed by atoms with Crippen molar-refractivity contribution < 1.29 is 28.7 Å². The Morgan fingerprint density at radius 1 is 1.11 bits per heavy atom. The van der Waals surface area contributed by atoms with Gasteiger partial charge < -0.3 is 25.8 Å². The summed E-state index contributed by atoms with van der Waals surface area (Å²) in [5, 5.41) is 6.71. The van der Waals surface area contributed by atoms with Crippen molar-refractivity contribution in [3.63, 3.8) is 0 Å². The molecule has 0 spiro atoms. The molecule has 1 aromatic heterocycles. The van der Waals surface area contributed by atoms with Crippen LogP contribution in [0.4, 0.5) is 5.00 Å². The molecule has 0 unspecified atom stereocenters. The Morgan fingerprint density at radius 2 is 1.86 bits per heavy atom. The van der Waals surface area contributed by atoms with Crippen molar-refractivity contribution in [3.05, 3.63) is 46.8 Å². The van der Waals surface area contributed by atoms with Crippen LogP contribution in [-0.2, 0) is 14.3 Å². The average Bonchev–Trinajstić information content (AvgIpc) is 3.13. The van der Waals surface area contributed by atoms with Crippen molar-refractivity contribution in [1.82, 2.24) is 5.32 Å². The van der Waals surface area contributed by atoms with Crippen LogP contribution in [0.1, 0.15) is 27.6 Å². The molecule has 9 nitrogen and oxygen atoms in total. The van der Waals surface area contributed by atoms with Crippen molar-refractivity contribution in [2.75, 3.05) is 25.1 Å². The maximum Gasteiger partial charge on any atom is 0.325 e. The smallest absolute Gasteiger partial charge is 0.325 e. The van der Waals surface area contributed by atoms with E-state index in [9.17, 15) is 19.2 Å². The van der Waals surface area contributed by atoms with E-state index < -0.39 is 36.8 Å². The monoisotopic (exact) mass is 405 g/mol. The van der Waals surface area contributed by atoms with E-state index in [0.29, 0.717) is 12.4 Å². The SMILES string of the molecule is CCOc1ccccc1C(=O)NCC(=O)OCC(=O)Nc1sccc1C(N)=O. The van der Waals surface area contributed by atoms with Gasteiger partial charge in [-0.2, -0.15) is 0 Å². The zero-order valence-electron chi connectivity index (χ0n) is 15.0. The number of amides is 3. The second-order valence-electron chi connectivity index (χ2n) is 5.35. The van der Waals surface area contributed by atoms with Gasteiger partial charge in [0.15, 0.2) is 6.61 Å². The molecule has 3 amide bonds. The molecule has 0 aliphatic heterocycles. The number of hydrogen-bond acceptors (Lipinski definition) is 7. The summed E-state index contributed by atoms with van der Waals surface area (Å²) in [4.78, 5) is 47.0. The molecule has 28 heavy (non-hydrogen) atoms. The quantitative estimate of drug-likeness (QED) is 0.536. The normalized spacial score (nSPS) is 10.0. The van der Waals surface area contributed by atoms with E-state index in [2.05, 4.69) is 10.6 Å². The molecule has 0 radical (unpaired) electrons. The van der Waals surface area contributed by atoms with Crippen LogP contribution in [0.5, 0.6) is 5.75 Å². The van der Waals surface area contributed by atoms with Gasteiger partial charge >= 0.3 is 5.97 Å². The topological polar surface area (TPSA) is 137 Å². The summed E-state index contributed by atoms with van der Waals surface area (Å²) >= 11 is 1.12. The third-order valence-corrected chi connectivity index (χ3v) is 4.20. The number of nitrogens with two attached hydrogens (primary N) is 1. The number of primary amides is 1. The van der Waals surface area contributed by atoms with Crippen molar-refractivity contribution in [1.29, 1.82) is 0 Å². The van der Waals surface area contributed by atoms with Crippen LogP contribution in [0.15, 0.2) is 35.7 Å². The highest BCUT2D eigenvalue weighted by atomic mass is 32.1. The number of esters is 1. The Bertz CT molecular complexity index is 880. The lowest BCUT2D eigenvalue weighted by atomic mass is 10.2. The molecule has 0 aliphatic rings. The number of anilines is 1. The Morgan fingerprint density at radius 3 is 2.57 bits per heavy atom. The third kappa shape index (κ3) is 5.81. The molecule has 2 aromatic rings. The van der Waals surface area contributed by atoms with E-state index in [0.717, 1.165) is 11.3 Å². The summed E-state index contributed by atoms with van der Waals surface area (Å²) in [6, 6.07) is 8.09. The van der Waals surface area contributed by atoms with Crippen LogP contribution >= 0.6 is 11.3 Å². The minimum absolute atomic E-state index is 0.171. The number of para-hydroxylation sites is 1. The zero-order chi connectivity index (χ0) is 20.5. The van der Waals surface area contributed by atoms with Gasteiger partial charge in [0.1, 0.15) is 17.3 Å². The summed E-state index contributed by atoms with van der Waals surface area (Å²) < 4.78 is 10.2. The van der Waals surface area contributed by atoms with E-state index in [1.54, 1.807) is 36.6 Å². The number of carbonyl (C=O) groups excluding carboxylic acids is 4. The number of hydrogen-bond donors (Lipinski definition) is 3. The van der Waals surface area contributed by atoms with Gasteiger partial charge in [0.05, 0.1) is 17.7 Å². The van der Waals surface area contributed by atoms with E-state index in [1.165, 1.54) is 6.07 Å². The predicted octanol–water partition coefficient (Wildman–Crippen LogP) is 1.16. The Balaban J connectivity index is 1.79. The molecule has 0 fully saturated rings. The van der Waals surface area contributed by atoms with Crippen molar-refractivity contribution in [3.8, 4) is 5.75 Å². The van der Waals surface area contributed by atoms with E-state index >= 15 is 0 Å². The Hall–Kier alpha value is -3.40. The van der Waals surface area contributed by atoms with E-state index in [1.807, 2.05) is 0 Å². The molecule has 0 aliphatic carbocycles. The molecule has 1 heterocycles. The van der Waals surface area contributed by atoms with Gasteiger partial charge in [0.2, 0.25) is 0 Å². The molecule has 4 N–H and O–H groups in total. The molecule has 1 aromatic carbocycles. The van der Waals surface area contributed by atoms with Crippen molar-refractivity contribution in [2.45, 2.75) is 6.92 Å². The number of nitrogens with one attached hydrogen (secondary N) is 2. The van der Waals surface area contributed by atoms with Crippen LogP contribution < -0.4 is 21.1 Å². The van der Waals surface area contributed by atoms with Gasteiger partial charge in [0.25, 0.3) is 17.7 Å².